The molecule has 0 N–H and O–H groups in total. The summed E-state index contributed by atoms with van der Waals surface area (Å²) < 4.78 is 1.07. The molecule has 0 radical (unpaired) electrons. The molecule has 1 aromatic heterocycles. The first-order valence-electron chi connectivity index (χ1n) is 13.5. The van der Waals surface area contributed by atoms with Crippen molar-refractivity contribution in [2.75, 3.05) is 0 Å². The molecule has 3 nitrogen and oxygen atoms in total. The molecule has 4 heteroatoms. The van der Waals surface area contributed by atoms with Crippen LogP contribution in [0.25, 0.3) is 67.2 Å². The zero-order chi connectivity index (χ0) is 27.6. The van der Waals surface area contributed by atoms with Gasteiger partial charge in [-0.3, -0.25) is 0 Å². The van der Waals surface area contributed by atoms with Gasteiger partial charge in [0.1, 0.15) is 0 Å². The molecule has 0 atom stereocenters. The van der Waals surface area contributed by atoms with Crippen molar-refractivity contribution in [2.45, 2.75) is 0 Å². The second-order valence-corrected chi connectivity index (χ2v) is 10.8. The Balaban J connectivity index is 1.34. The molecule has 0 aliphatic carbocycles. The van der Waals surface area contributed by atoms with Crippen molar-refractivity contribution >= 4 is 31.2 Å². The van der Waals surface area contributed by atoms with Gasteiger partial charge in [-0.15, -0.1) is 0 Å². The molecular formula is C37H25N3Se. The van der Waals surface area contributed by atoms with Crippen LogP contribution in [0.3, 0.4) is 0 Å². The van der Waals surface area contributed by atoms with Gasteiger partial charge in [0.2, 0.25) is 0 Å². The van der Waals surface area contributed by atoms with Gasteiger partial charge < -0.3 is 0 Å². The molecule has 0 saturated heterocycles. The van der Waals surface area contributed by atoms with E-state index >= 15 is 0 Å². The van der Waals surface area contributed by atoms with E-state index in [1.54, 1.807) is 0 Å². The van der Waals surface area contributed by atoms with Crippen LogP contribution in [-0.4, -0.2) is 31.0 Å². The first-order valence-corrected chi connectivity index (χ1v) is 14.5. The average Bonchev–Trinajstić information content (AvgIpc) is 3.05. The van der Waals surface area contributed by atoms with Crippen molar-refractivity contribution in [1.29, 1.82) is 0 Å². The van der Waals surface area contributed by atoms with E-state index in [0.717, 1.165) is 32.3 Å². The van der Waals surface area contributed by atoms with Crippen LogP contribution in [0.4, 0.5) is 0 Å². The van der Waals surface area contributed by atoms with Gasteiger partial charge in [0.15, 0.2) is 0 Å². The van der Waals surface area contributed by atoms with E-state index in [0.29, 0.717) is 17.5 Å². The molecule has 0 bridgehead atoms. The summed E-state index contributed by atoms with van der Waals surface area (Å²) in [5.74, 6) is 1.97. The van der Waals surface area contributed by atoms with E-state index in [1.807, 2.05) is 60.7 Å². The van der Waals surface area contributed by atoms with Crippen LogP contribution < -0.4 is 4.46 Å². The summed E-state index contributed by atoms with van der Waals surface area (Å²) in [6, 6.07) is 50.3. The van der Waals surface area contributed by atoms with Crippen molar-refractivity contribution in [2.24, 2.45) is 0 Å². The number of benzene rings is 6. The third-order valence-electron chi connectivity index (χ3n) is 7.23. The monoisotopic (exact) mass is 591 g/mol. The van der Waals surface area contributed by atoms with Crippen LogP contribution >= 0.6 is 0 Å². The number of nitrogens with zero attached hydrogens (tertiary/aromatic N) is 3. The third kappa shape index (κ3) is 5.07. The molecule has 41 heavy (non-hydrogen) atoms. The van der Waals surface area contributed by atoms with Gasteiger partial charge in [0.05, 0.1) is 0 Å². The molecule has 0 amide bonds. The van der Waals surface area contributed by atoms with Gasteiger partial charge in [-0.2, -0.15) is 0 Å². The molecule has 0 unspecified atom stereocenters. The molecular weight excluding hydrogens is 565 g/mol. The van der Waals surface area contributed by atoms with Crippen molar-refractivity contribution < 1.29 is 0 Å². The van der Waals surface area contributed by atoms with Crippen LogP contribution in [0, 0.1) is 0 Å². The van der Waals surface area contributed by atoms with Gasteiger partial charge in [-0.05, 0) is 0 Å². The molecule has 0 spiro atoms. The van der Waals surface area contributed by atoms with E-state index in [-0.39, 0.29) is 0 Å². The van der Waals surface area contributed by atoms with Gasteiger partial charge in [0, 0.05) is 0 Å². The second-order valence-electron chi connectivity index (χ2n) is 9.88. The SMILES string of the molecule is [SeH]c1c(-c2cccc(-c3ccc4ccccc4c3)c2)cccc1-c1nc(-c2ccccc2)nc(-c2ccccc2)n1. The molecule has 6 aromatic carbocycles. The van der Waals surface area contributed by atoms with E-state index in [4.69, 9.17) is 15.0 Å². The Morgan fingerprint density at radius 3 is 1.56 bits per heavy atom. The zero-order valence-corrected chi connectivity index (χ0v) is 24.0. The Hall–Kier alpha value is -4.89. The molecule has 7 aromatic rings. The first-order chi connectivity index (χ1) is 20.2. The van der Waals surface area contributed by atoms with E-state index in [1.165, 1.54) is 21.9 Å². The number of fused-ring (bicyclic) bond motifs is 1. The maximum atomic E-state index is 4.96. The second kappa shape index (κ2) is 10.9. The Labute approximate surface area is 247 Å². The fourth-order valence-corrected chi connectivity index (χ4v) is 5.91. The van der Waals surface area contributed by atoms with Crippen LogP contribution in [0.1, 0.15) is 0 Å². The zero-order valence-electron chi connectivity index (χ0n) is 22.1. The van der Waals surface area contributed by atoms with Crippen LogP contribution in [0.15, 0.2) is 146 Å². The van der Waals surface area contributed by atoms with Gasteiger partial charge >= 0.3 is 248 Å². The molecule has 1 heterocycles. The summed E-state index contributed by atoms with van der Waals surface area (Å²) in [7, 11) is 0. The van der Waals surface area contributed by atoms with Gasteiger partial charge in [-0.25, -0.2) is 0 Å². The van der Waals surface area contributed by atoms with Gasteiger partial charge in [0.25, 0.3) is 0 Å². The average molecular weight is 591 g/mol. The van der Waals surface area contributed by atoms with E-state index in [2.05, 4.69) is 101 Å². The van der Waals surface area contributed by atoms with Crippen LogP contribution in [0.2, 0.25) is 0 Å². The fraction of sp³-hybridized carbons (Fsp3) is 0. The van der Waals surface area contributed by atoms with Gasteiger partial charge in [-0.1, -0.05) is 0 Å². The van der Waals surface area contributed by atoms with Crippen molar-refractivity contribution in [3.05, 3.63) is 146 Å². The minimum atomic E-state index is 0.654. The fourth-order valence-electron chi connectivity index (χ4n) is 5.12. The predicted molar refractivity (Wildman–Crippen MR) is 171 cm³/mol. The van der Waals surface area contributed by atoms with Crippen molar-refractivity contribution in [1.82, 2.24) is 15.0 Å². The number of hydrogen-bond acceptors (Lipinski definition) is 3. The quantitative estimate of drug-likeness (QED) is 0.192. The van der Waals surface area contributed by atoms with Crippen molar-refractivity contribution in [3.8, 4) is 56.4 Å². The van der Waals surface area contributed by atoms with Crippen molar-refractivity contribution in [3.63, 3.8) is 0 Å². The first kappa shape index (κ1) is 25.1. The number of aromatic nitrogens is 3. The normalized spacial score (nSPS) is 11.0. The summed E-state index contributed by atoms with van der Waals surface area (Å²) in [6.07, 6.45) is 0. The Morgan fingerprint density at radius 2 is 0.854 bits per heavy atom. The predicted octanol–water partition coefficient (Wildman–Crippen LogP) is 7.89. The summed E-state index contributed by atoms with van der Waals surface area (Å²) >= 11 is 2.75. The Kier molecular flexibility index (Phi) is 6.70. The Bertz CT molecular complexity index is 1950. The molecule has 194 valence electrons. The molecule has 0 fully saturated rings. The molecule has 0 aliphatic heterocycles. The van der Waals surface area contributed by atoms with E-state index < -0.39 is 0 Å². The maximum absolute atomic E-state index is 4.96. The summed E-state index contributed by atoms with van der Waals surface area (Å²) in [6.45, 7) is 0. The number of rotatable bonds is 5. The summed E-state index contributed by atoms with van der Waals surface area (Å²) in [5.41, 5.74) is 7.55. The minimum absolute atomic E-state index is 0.654. The molecule has 7 rings (SSSR count). The van der Waals surface area contributed by atoms with E-state index in [9.17, 15) is 0 Å². The third-order valence-corrected chi connectivity index (χ3v) is 8.24. The number of hydrogen-bond donors (Lipinski definition) is 0. The molecule has 0 aliphatic rings. The summed E-state index contributed by atoms with van der Waals surface area (Å²) in [4.78, 5) is 14.8. The summed E-state index contributed by atoms with van der Waals surface area (Å²) in [5, 5.41) is 2.49. The Morgan fingerprint density at radius 1 is 0.341 bits per heavy atom. The standard InChI is InChI=1S/C37H25N3Se/c41-34-32(31-18-9-17-29(24-31)30-22-21-25-11-7-8-16-28(25)23-30)19-10-20-33(34)37-39-35(26-12-3-1-4-13-26)38-36(40-37)27-14-5-2-6-15-27/h1-24,41H. The van der Waals surface area contributed by atoms with Crippen LogP contribution in [0.5, 0.6) is 0 Å². The van der Waals surface area contributed by atoms with Crippen LogP contribution in [-0.2, 0) is 0 Å². The topological polar surface area (TPSA) is 38.7 Å². The molecule has 0 saturated carbocycles.